The molecule has 0 spiro atoms. The summed E-state index contributed by atoms with van der Waals surface area (Å²) in [6.45, 7) is 0. The van der Waals surface area contributed by atoms with Crippen molar-refractivity contribution in [3.63, 3.8) is 0 Å². The highest BCUT2D eigenvalue weighted by Gasteiger charge is 2.17. The fourth-order valence-corrected chi connectivity index (χ4v) is 4.26. The Morgan fingerprint density at radius 2 is 1.81 bits per heavy atom. The van der Waals surface area contributed by atoms with E-state index in [1.807, 2.05) is 12.1 Å². The number of rotatable bonds is 3. The van der Waals surface area contributed by atoms with Crippen LogP contribution in [0.3, 0.4) is 0 Å². The molecular formula is C14H11Br3N2O2. The van der Waals surface area contributed by atoms with Crippen molar-refractivity contribution in [2.24, 2.45) is 0 Å². The fraction of sp³-hybridized carbons (Fsp3) is 0.0714. The molecule has 1 amide bonds. The normalized spacial score (nSPS) is 10.3. The van der Waals surface area contributed by atoms with Crippen molar-refractivity contribution >= 4 is 65.1 Å². The van der Waals surface area contributed by atoms with Crippen molar-refractivity contribution in [3.05, 3.63) is 49.3 Å². The number of nitrogens with two attached hydrogens (primary N) is 1. The molecule has 3 N–H and O–H groups in total. The summed E-state index contributed by atoms with van der Waals surface area (Å²) < 4.78 is 7.59. The van der Waals surface area contributed by atoms with Gasteiger partial charge in [0.2, 0.25) is 0 Å². The zero-order chi connectivity index (χ0) is 15.6. The molecule has 0 heterocycles. The molecule has 0 aliphatic heterocycles. The van der Waals surface area contributed by atoms with Gasteiger partial charge in [0.25, 0.3) is 5.91 Å². The Balaban J connectivity index is 2.38. The minimum atomic E-state index is -0.303. The third-order valence-corrected chi connectivity index (χ3v) is 4.45. The van der Waals surface area contributed by atoms with Crippen LogP contribution in [0.5, 0.6) is 5.75 Å². The zero-order valence-electron chi connectivity index (χ0n) is 10.9. The molecule has 0 fully saturated rings. The molecule has 110 valence electrons. The number of carbonyl (C=O) groups is 1. The van der Waals surface area contributed by atoms with E-state index in [-0.39, 0.29) is 5.91 Å². The Labute approximate surface area is 147 Å². The van der Waals surface area contributed by atoms with E-state index >= 15 is 0 Å². The maximum absolute atomic E-state index is 12.4. The highest BCUT2D eigenvalue weighted by molar-refractivity contribution is 9.11. The van der Waals surface area contributed by atoms with Crippen molar-refractivity contribution in [3.8, 4) is 5.75 Å². The second kappa shape index (κ2) is 6.81. The number of methoxy groups -OCH3 is 1. The van der Waals surface area contributed by atoms with Gasteiger partial charge in [-0.25, -0.2) is 0 Å². The van der Waals surface area contributed by atoms with Gasteiger partial charge >= 0.3 is 0 Å². The topological polar surface area (TPSA) is 64.3 Å². The molecular weight excluding hydrogens is 468 g/mol. The molecule has 0 aromatic heterocycles. The number of hydrogen-bond donors (Lipinski definition) is 2. The highest BCUT2D eigenvalue weighted by Crippen LogP contribution is 2.35. The molecule has 2 rings (SSSR count). The summed E-state index contributed by atoms with van der Waals surface area (Å²) in [5, 5.41) is 2.83. The largest absolute Gasteiger partial charge is 0.494 e. The molecule has 2 aromatic carbocycles. The lowest BCUT2D eigenvalue weighted by atomic mass is 10.1. The maximum atomic E-state index is 12.4. The van der Waals surface area contributed by atoms with Crippen LogP contribution in [0.4, 0.5) is 11.4 Å². The SMILES string of the molecule is COc1c(N)cccc1C(=O)Nc1c(Br)cc(Br)cc1Br. The Morgan fingerprint density at radius 3 is 2.38 bits per heavy atom. The summed E-state index contributed by atoms with van der Waals surface area (Å²) in [4.78, 5) is 12.4. The van der Waals surface area contributed by atoms with E-state index in [0.29, 0.717) is 22.7 Å². The number of carbonyl (C=O) groups excluding carboxylic acids is 1. The van der Waals surface area contributed by atoms with Gasteiger partial charge in [0.05, 0.1) is 24.0 Å². The second-order valence-electron chi connectivity index (χ2n) is 4.13. The summed E-state index contributed by atoms with van der Waals surface area (Å²) in [7, 11) is 1.48. The van der Waals surface area contributed by atoms with E-state index in [9.17, 15) is 4.79 Å². The second-order valence-corrected chi connectivity index (χ2v) is 6.75. The number of hydrogen-bond acceptors (Lipinski definition) is 3. The number of halogens is 3. The van der Waals surface area contributed by atoms with E-state index in [0.717, 1.165) is 13.4 Å². The van der Waals surface area contributed by atoms with Crippen molar-refractivity contribution < 1.29 is 9.53 Å². The average Bonchev–Trinajstić information content (AvgIpc) is 2.42. The van der Waals surface area contributed by atoms with Gasteiger partial charge in [-0.15, -0.1) is 0 Å². The standard InChI is InChI=1S/C14H11Br3N2O2/c1-21-13-8(3-2-4-11(13)18)14(20)19-12-9(16)5-7(15)6-10(12)17/h2-6H,18H2,1H3,(H,19,20). The monoisotopic (exact) mass is 476 g/mol. The van der Waals surface area contributed by atoms with Crippen molar-refractivity contribution in [1.29, 1.82) is 0 Å². The molecule has 2 aromatic rings. The minimum absolute atomic E-state index is 0.303. The van der Waals surface area contributed by atoms with Crippen molar-refractivity contribution in [2.75, 3.05) is 18.2 Å². The average molecular weight is 479 g/mol. The molecule has 21 heavy (non-hydrogen) atoms. The molecule has 0 saturated carbocycles. The first-order chi connectivity index (χ1) is 9.93. The molecule has 0 radical (unpaired) electrons. The van der Waals surface area contributed by atoms with Crippen LogP contribution in [0.1, 0.15) is 10.4 Å². The van der Waals surface area contributed by atoms with Crippen LogP contribution >= 0.6 is 47.8 Å². The summed E-state index contributed by atoms with van der Waals surface area (Å²) in [6.07, 6.45) is 0. The Hall–Kier alpha value is -1.05. The molecule has 7 heteroatoms. The smallest absolute Gasteiger partial charge is 0.259 e. The fourth-order valence-electron chi connectivity index (χ4n) is 1.80. The van der Waals surface area contributed by atoms with E-state index in [4.69, 9.17) is 10.5 Å². The van der Waals surface area contributed by atoms with E-state index in [1.165, 1.54) is 7.11 Å². The number of nitrogen functional groups attached to an aromatic ring is 1. The van der Waals surface area contributed by atoms with E-state index in [2.05, 4.69) is 53.1 Å². The molecule has 0 aliphatic carbocycles. The summed E-state index contributed by atoms with van der Waals surface area (Å²) in [5.74, 6) is 0.0576. The number of nitrogens with one attached hydrogen (secondary N) is 1. The van der Waals surface area contributed by atoms with Crippen LogP contribution in [-0.4, -0.2) is 13.0 Å². The van der Waals surface area contributed by atoms with Crippen molar-refractivity contribution in [1.82, 2.24) is 0 Å². The van der Waals surface area contributed by atoms with Crippen LogP contribution < -0.4 is 15.8 Å². The summed E-state index contributed by atoms with van der Waals surface area (Å²) >= 11 is 10.2. The van der Waals surface area contributed by atoms with Crippen LogP contribution in [0, 0.1) is 0 Å². The zero-order valence-corrected chi connectivity index (χ0v) is 15.7. The Morgan fingerprint density at radius 1 is 1.19 bits per heavy atom. The van der Waals surface area contributed by atoms with E-state index in [1.54, 1.807) is 18.2 Å². The predicted molar refractivity (Wildman–Crippen MR) is 94.9 cm³/mol. The molecule has 0 atom stereocenters. The Kier molecular flexibility index (Phi) is 5.29. The summed E-state index contributed by atoms with van der Waals surface area (Å²) in [5.41, 5.74) is 7.24. The third-order valence-electron chi connectivity index (χ3n) is 2.74. The van der Waals surface area contributed by atoms with Crippen LogP contribution in [0.2, 0.25) is 0 Å². The summed E-state index contributed by atoms with van der Waals surface area (Å²) in [6, 6.07) is 8.73. The first-order valence-electron chi connectivity index (χ1n) is 5.82. The lowest BCUT2D eigenvalue weighted by Crippen LogP contribution is -2.14. The number of para-hydroxylation sites is 1. The predicted octanol–water partition coefficient (Wildman–Crippen LogP) is 4.82. The molecule has 0 aliphatic rings. The lowest BCUT2D eigenvalue weighted by Gasteiger charge is -2.13. The Bertz CT molecular complexity index is 682. The number of ether oxygens (including phenoxy) is 1. The maximum Gasteiger partial charge on any atom is 0.259 e. The van der Waals surface area contributed by atoms with Crippen LogP contribution in [-0.2, 0) is 0 Å². The third kappa shape index (κ3) is 3.59. The van der Waals surface area contributed by atoms with Crippen LogP contribution in [0.25, 0.3) is 0 Å². The quantitative estimate of drug-likeness (QED) is 0.622. The number of amides is 1. The van der Waals surface area contributed by atoms with Gasteiger partial charge < -0.3 is 15.8 Å². The van der Waals surface area contributed by atoms with E-state index < -0.39 is 0 Å². The van der Waals surface area contributed by atoms with Gasteiger partial charge in [-0.1, -0.05) is 22.0 Å². The first kappa shape index (κ1) is 16.3. The molecule has 0 saturated heterocycles. The first-order valence-corrected chi connectivity index (χ1v) is 8.20. The van der Waals surface area contributed by atoms with Gasteiger partial charge in [-0.3, -0.25) is 4.79 Å². The van der Waals surface area contributed by atoms with Crippen LogP contribution in [0.15, 0.2) is 43.7 Å². The van der Waals surface area contributed by atoms with Gasteiger partial charge in [0.1, 0.15) is 0 Å². The molecule has 0 unspecified atom stereocenters. The highest BCUT2D eigenvalue weighted by atomic mass is 79.9. The molecule has 4 nitrogen and oxygen atoms in total. The van der Waals surface area contributed by atoms with Crippen molar-refractivity contribution in [2.45, 2.75) is 0 Å². The number of anilines is 2. The van der Waals surface area contributed by atoms with Gasteiger partial charge in [0, 0.05) is 13.4 Å². The molecule has 0 bridgehead atoms. The lowest BCUT2D eigenvalue weighted by molar-refractivity contribution is 0.102. The minimum Gasteiger partial charge on any atom is -0.494 e. The number of benzene rings is 2. The van der Waals surface area contributed by atoms with Gasteiger partial charge in [-0.2, -0.15) is 0 Å². The van der Waals surface area contributed by atoms with Gasteiger partial charge in [-0.05, 0) is 56.1 Å². The van der Waals surface area contributed by atoms with Gasteiger partial charge in [0.15, 0.2) is 5.75 Å².